The van der Waals surface area contributed by atoms with Crippen molar-refractivity contribution >= 4 is 56.3 Å². The van der Waals surface area contributed by atoms with Crippen LogP contribution >= 0.6 is 51.3 Å². The zero-order valence-electron chi connectivity index (χ0n) is 11.2. The molecule has 0 atom stereocenters. The fourth-order valence-corrected chi connectivity index (χ4v) is 2.95. The predicted molar refractivity (Wildman–Crippen MR) is 93.8 cm³/mol. The Morgan fingerprint density at radius 2 is 1.86 bits per heavy atom. The van der Waals surface area contributed by atoms with E-state index in [-0.39, 0.29) is 4.99 Å². The van der Waals surface area contributed by atoms with Crippen LogP contribution in [0.3, 0.4) is 0 Å². The van der Waals surface area contributed by atoms with Crippen LogP contribution in [0.15, 0.2) is 22.7 Å². The highest BCUT2D eigenvalue weighted by molar-refractivity contribution is 9.10. The first kappa shape index (κ1) is 16.5. The van der Waals surface area contributed by atoms with Gasteiger partial charge < -0.3 is 10.5 Å². The summed E-state index contributed by atoms with van der Waals surface area (Å²) in [5.41, 5.74) is 7.84. The standard InChI is InChI=1S/C14H11BrCl2N2OS/c1-6-3-12(13(14(18)21)7(2)19-6)20-11-5-9(16)8(15)4-10(11)17/h3-5H,1-2H3,(H2,18,21). The molecule has 110 valence electrons. The number of nitrogens with zero attached hydrogens (tertiary/aromatic N) is 1. The summed E-state index contributed by atoms with van der Waals surface area (Å²) >= 11 is 20.6. The van der Waals surface area contributed by atoms with Gasteiger partial charge in [0.25, 0.3) is 0 Å². The van der Waals surface area contributed by atoms with Crippen LogP contribution in [-0.2, 0) is 0 Å². The van der Waals surface area contributed by atoms with Crippen LogP contribution in [0.1, 0.15) is 17.0 Å². The largest absolute Gasteiger partial charge is 0.455 e. The molecule has 1 aromatic heterocycles. The van der Waals surface area contributed by atoms with Crippen LogP contribution < -0.4 is 10.5 Å². The first-order valence-electron chi connectivity index (χ1n) is 5.90. The Labute approximate surface area is 146 Å². The van der Waals surface area contributed by atoms with Gasteiger partial charge in [-0.1, -0.05) is 35.4 Å². The molecular weight excluding hydrogens is 395 g/mol. The number of rotatable bonds is 3. The van der Waals surface area contributed by atoms with Gasteiger partial charge in [-0.3, -0.25) is 4.98 Å². The van der Waals surface area contributed by atoms with Gasteiger partial charge in [0, 0.05) is 22.3 Å². The second kappa shape index (κ2) is 6.48. The third-order valence-electron chi connectivity index (χ3n) is 2.73. The van der Waals surface area contributed by atoms with E-state index in [0.717, 1.165) is 5.69 Å². The molecule has 0 aliphatic carbocycles. The van der Waals surface area contributed by atoms with E-state index in [1.54, 1.807) is 18.2 Å². The SMILES string of the molecule is Cc1cc(Oc2cc(Cl)c(Br)cc2Cl)c(C(N)=S)c(C)n1. The summed E-state index contributed by atoms with van der Waals surface area (Å²) in [6.45, 7) is 3.68. The van der Waals surface area contributed by atoms with Crippen LogP contribution in [0.25, 0.3) is 0 Å². The molecule has 2 rings (SSSR count). The lowest BCUT2D eigenvalue weighted by Crippen LogP contribution is -2.14. The quantitative estimate of drug-likeness (QED) is 0.563. The van der Waals surface area contributed by atoms with E-state index in [1.807, 2.05) is 13.8 Å². The van der Waals surface area contributed by atoms with E-state index in [2.05, 4.69) is 20.9 Å². The number of aromatic nitrogens is 1. The van der Waals surface area contributed by atoms with Gasteiger partial charge in [0.05, 0.1) is 21.3 Å². The van der Waals surface area contributed by atoms with E-state index in [9.17, 15) is 0 Å². The number of pyridine rings is 1. The summed E-state index contributed by atoms with van der Waals surface area (Å²) in [6.07, 6.45) is 0. The van der Waals surface area contributed by atoms with Crippen molar-refractivity contribution in [2.75, 3.05) is 0 Å². The number of benzene rings is 1. The normalized spacial score (nSPS) is 10.5. The number of thiocarbonyl (C=S) groups is 1. The lowest BCUT2D eigenvalue weighted by molar-refractivity contribution is 0.480. The minimum atomic E-state index is 0.217. The second-order valence-corrected chi connectivity index (χ2v) is 6.49. The lowest BCUT2D eigenvalue weighted by Gasteiger charge is -2.14. The highest BCUT2D eigenvalue weighted by Crippen LogP contribution is 2.37. The average Bonchev–Trinajstić information content (AvgIpc) is 2.34. The van der Waals surface area contributed by atoms with Crippen molar-refractivity contribution in [1.82, 2.24) is 4.98 Å². The van der Waals surface area contributed by atoms with Gasteiger partial charge in [-0.05, 0) is 35.8 Å². The molecule has 0 unspecified atom stereocenters. The maximum Gasteiger partial charge on any atom is 0.147 e. The Bertz CT molecular complexity index is 737. The topological polar surface area (TPSA) is 48.1 Å². The molecule has 1 aromatic carbocycles. The molecule has 0 spiro atoms. The van der Waals surface area contributed by atoms with Gasteiger partial charge in [0.2, 0.25) is 0 Å². The second-order valence-electron chi connectivity index (χ2n) is 4.39. The molecule has 0 saturated carbocycles. The van der Waals surface area contributed by atoms with Crippen LogP contribution in [0.4, 0.5) is 0 Å². The summed E-state index contributed by atoms with van der Waals surface area (Å²) in [7, 11) is 0. The highest BCUT2D eigenvalue weighted by atomic mass is 79.9. The first-order chi connectivity index (χ1) is 9.79. The van der Waals surface area contributed by atoms with E-state index in [4.69, 9.17) is 45.9 Å². The number of ether oxygens (including phenoxy) is 1. The van der Waals surface area contributed by atoms with Crippen molar-refractivity contribution in [1.29, 1.82) is 0 Å². The van der Waals surface area contributed by atoms with E-state index < -0.39 is 0 Å². The van der Waals surface area contributed by atoms with Crippen molar-refractivity contribution in [3.63, 3.8) is 0 Å². The Balaban J connectivity index is 2.54. The Kier molecular flexibility index (Phi) is 5.09. The number of aryl methyl sites for hydroxylation is 2. The molecular formula is C14H11BrCl2N2OS. The minimum absolute atomic E-state index is 0.217. The Morgan fingerprint density at radius 1 is 1.19 bits per heavy atom. The van der Waals surface area contributed by atoms with E-state index >= 15 is 0 Å². The van der Waals surface area contributed by atoms with Gasteiger partial charge in [-0.15, -0.1) is 0 Å². The van der Waals surface area contributed by atoms with Crippen LogP contribution in [0, 0.1) is 13.8 Å². The van der Waals surface area contributed by atoms with Gasteiger partial charge in [0.1, 0.15) is 16.5 Å². The van der Waals surface area contributed by atoms with E-state index in [0.29, 0.717) is 37.3 Å². The van der Waals surface area contributed by atoms with Gasteiger partial charge in [0.15, 0.2) is 0 Å². The summed E-state index contributed by atoms with van der Waals surface area (Å²) in [5, 5.41) is 0.918. The fourth-order valence-electron chi connectivity index (χ4n) is 1.87. The van der Waals surface area contributed by atoms with Crippen molar-refractivity contribution in [3.8, 4) is 11.5 Å². The molecule has 2 aromatic rings. The molecule has 21 heavy (non-hydrogen) atoms. The zero-order chi connectivity index (χ0) is 15.7. The maximum atomic E-state index is 6.17. The molecule has 1 heterocycles. The van der Waals surface area contributed by atoms with Crippen LogP contribution in [-0.4, -0.2) is 9.97 Å². The lowest BCUT2D eigenvalue weighted by atomic mass is 10.1. The zero-order valence-corrected chi connectivity index (χ0v) is 15.1. The molecule has 3 nitrogen and oxygen atoms in total. The third kappa shape index (κ3) is 3.66. The van der Waals surface area contributed by atoms with Crippen molar-refractivity contribution in [3.05, 3.63) is 49.7 Å². The molecule has 2 N–H and O–H groups in total. The number of nitrogens with two attached hydrogens (primary N) is 1. The Hall–Kier alpha value is -0.880. The maximum absolute atomic E-state index is 6.17. The summed E-state index contributed by atoms with van der Waals surface area (Å²) < 4.78 is 6.55. The minimum Gasteiger partial charge on any atom is -0.455 e. The molecule has 0 aliphatic heterocycles. The summed E-state index contributed by atoms with van der Waals surface area (Å²) in [4.78, 5) is 4.55. The predicted octanol–water partition coefficient (Wildman–Crippen LogP) is 5.19. The van der Waals surface area contributed by atoms with Crippen LogP contribution in [0.2, 0.25) is 10.0 Å². The molecule has 0 amide bonds. The van der Waals surface area contributed by atoms with Gasteiger partial charge in [-0.25, -0.2) is 0 Å². The van der Waals surface area contributed by atoms with Crippen molar-refractivity contribution in [2.24, 2.45) is 5.73 Å². The molecule has 0 aliphatic rings. The van der Waals surface area contributed by atoms with E-state index in [1.165, 1.54) is 0 Å². The molecule has 7 heteroatoms. The third-order valence-corrected chi connectivity index (χ3v) is 4.43. The van der Waals surface area contributed by atoms with Gasteiger partial charge in [-0.2, -0.15) is 0 Å². The fraction of sp³-hybridized carbons (Fsp3) is 0.143. The summed E-state index contributed by atoms with van der Waals surface area (Å²) in [6, 6.07) is 5.05. The van der Waals surface area contributed by atoms with Crippen LogP contribution in [0.5, 0.6) is 11.5 Å². The molecule has 0 fully saturated rings. The highest BCUT2D eigenvalue weighted by Gasteiger charge is 2.15. The van der Waals surface area contributed by atoms with Gasteiger partial charge >= 0.3 is 0 Å². The number of hydrogen-bond acceptors (Lipinski definition) is 3. The first-order valence-corrected chi connectivity index (χ1v) is 7.85. The average molecular weight is 406 g/mol. The molecule has 0 bridgehead atoms. The molecule has 0 radical (unpaired) electrons. The van der Waals surface area contributed by atoms with Crippen molar-refractivity contribution in [2.45, 2.75) is 13.8 Å². The monoisotopic (exact) mass is 404 g/mol. The van der Waals surface area contributed by atoms with Crippen molar-refractivity contribution < 1.29 is 4.74 Å². The molecule has 0 saturated heterocycles. The number of hydrogen-bond donors (Lipinski definition) is 1. The Morgan fingerprint density at radius 3 is 2.48 bits per heavy atom. The smallest absolute Gasteiger partial charge is 0.147 e. The summed E-state index contributed by atoms with van der Waals surface area (Å²) in [5.74, 6) is 0.931. The number of halogens is 3.